The molecule has 0 aliphatic carbocycles. The number of rotatable bonds is 21. The largest absolute Gasteiger partial charge is 0.460 e. The normalized spacial score (nSPS) is 12.3. The minimum atomic E-state index is -0.572. The first-order valence-electron chi connectivity index (χ1n) is 11.0. The third-order valence-electron chi connectivity index (χ3n) is 4.26. The van der Waals surface area contributed by atoms with E-state index in [1.807, 2.05) is 20.8 Å². The van der Waals surface area contributed by atoms with Gasteiger partial charge in [-0.05, 0) is 20.8 Å². The van der Waals surface area contributed by atoms with Gasteiger partial charge in [-0.3, -0.25) is 9.69 Å². The molecule has 0 aromatic heterocycles. The van der Waals surface area contributed by atoms with Gasteiger partial charge in [0.25, 0.3) is 0 Å². The highest BCUT2D eigenvalue weighted by molar-refractivity contribution is 5.69. The molecule has 0 spiro atoms. The van der Waals surface area contributed by atoms with Crippen LogP contribution >= 0.6 is 0 Å². The Morgan fingerprint density at radius 3 is 1.44 bits per heavy atom. The summed E-state index contributed by atoms with van der Waals surface area (Å²) in [6.45, 7) is 7.57. The molecular weight excluding hydrogens is 426 g/mol. The van der Waals surface area contributed by atoms with E-state index in [0.717, 1.165) is 0 Å². The standard InChI is InChI=1S/C21H43NO10/c1-21(2,3)32-20(27)4-6-28-8-10-30-12-13-31-11-9-29-7-5-22(18(14-23)15-24)19(16-25)17-26/h18-19,23-26H,4-17H2,1-3H3. The van der Waals surface area contributed by atoms with Crippen molar-refractivity contribution in [2.24, 2.45) is 0 Å². The highest BCUT2D eigenvalue weighted by atomic mass is 16.6. The first-order chi connectivity index (χ1) is 15.3. The number of carbonyl (C=O) groups excluding carboxylic acids is 1. The van der Waals surface area contributed by atoms with E-state index in [4.69, 9.17) is 23.7 Å². The van der Waals surface area contributed by atoms with Crippen LogP contribution in [0.4, 0.5) is 0 Å². The van der Waals surface area contributed by atoms with Crippen LogP contribution in [-0.2, 0) is 28.5 Å². The molecule has 0 unspecified atom stereocenters. The van der Waals surface area contributed by atoms with Crippen LogP contribution in [0.1, 0.15) is 27.2 Å². The molecule has 0 rings (SSSR count). The Morgan fingerprint density at radius 1 is 0.688 bits per heavy atom. The fraction of sp³-hybridized carbons (Fsp3) is 0.952. The van der Waals surface area contributed by atoms with Gasteiger partial charge in [0.15, 0.2) is 0 Å². The van der Waals surface area contributed by atoms with Crippen molar-refractivity contribution in [2.45, 2.75) is 44.9 Å². The predicted octanol–water partition coefficient (Wildman–Crippen LogP) is -1.21. The molecule has 0 aliphatic heterocycles. The summed E-state index contributed by atoms with van der Waals surface area (Å²) >= 11 is 0. The molecule has 0 amide bonds. The summed E-state index contributed by atoms with van der Waals surface area (Å²) in [6.07, 6.45) is 0.208. The maximum atomic E-state index is 11.5. The zero-order valence-corrected chi connectivity index (χ0v) is 19.7. The molecule has 11 nitrogen and oxygen atoms in total. The van der Waals surface area contributed by atoms with Gasteiger partial charge in [0.1, 0.15) is 5.60 Å². The van der Waals surface area contributed by atoms with Crippen LogP contribution in [0, 0.1) is 0 Å². The van der Waals surface area contributed by atoms with E-state index < -0.39 is 17.7 Å². The second-order valence-electron chi connectivity index (χ2n) is 8.06. The van der Waals surface area contributed by atoms with Crippen LogP contribution in [0.25, 0.3) is 0 Å². The van der Waals surface area contributed by atoms with Crippen molar-refractivity contribution < 1.29 is 48.9 Å². The van der Waals surface area contributed by atoms with E-state index in [0.29, 0.717) is 52.8 Å². The summed E-state index contributed by atoms with van der Waals surface area (Å²) in [6, 6.07) is -1.14. The van der Waals surface area contributed by atoms with Gasteiger partial charge in [-0.15, -0.1) is 0 Å². The van der Waals surface area contributed by atoms with Crippen molar-refractivity contribution in [1.82, 2.24) is 4.90 Å². The Balaban J connectivity index is 3.61. The molecule has 11 heteroatoms. The van der Waals surface area contributed by atoms with E-state index in [-0.39, 0.29) is 45.4 Å². The van der Waals surface area contributed by atoms with Crippen LogP contribution in [0.2, 0.25) is 0 Å². The van der Waals surface area contributed by atoms with E-state index >= 15 is 0 Å². The topological polar surface area (TPSA) is 147 Å². The highest BCUT2D eigenvalue weighted by Gasteiger charge is 2.24. The van der Waals surface area contributed by atoms with Crippen molar-refractivity contribution >= 4 is 5.97 Å². The molecule has 0 saturated carbocycles. The van der Waals surface area contributed by atoms with Gasteiger partial charge in [0.05, 0.1) is 97.8 Å². The first-order valence-corrected chi connectivity index (χ1v) is 11.0. The summed E-state index contributed by atoms with van der Waals surface area (Å²) in [4.78, 5) is 13.1. The van der Waals surface area contributed by atoms with E-state index in [1.165, 1.54) is 0 Å². The fourth-order valence-corrected chi connectivity index (χ4v) is 2.68. The molecule has 192 valence electrons. The Labute approximate surface area is 191 Å². The smallest absolute Gasteiger partial charge is 0.308 e. The number of nitrogens with zero attached hydrogens (tertiary/aromatic N) is 1. The van der Waals surface area contributed by atoms with Crippen LogP contribution < -0.4 is 0 Å². The summed E-state index contributed by atoms with van der Waals surface area (Å²) in [5.41, 5.74) is -0.489. The van der Waals surface area contributed by atoms with Gasteiger partial charge < -0.3 is 44.1 Å². The van der Waals surface area contributed by atoms with Crippen LogP contribution in [0.5, 0.6) is 0 Å². The minimum Gasteiger partial charge on any atom is -0.460 e. The second kappa shape index (κ2) is 19.6. The Bertz CT molecular complexity index is 427. The van der Waals surface area contributed by atoms with Crippen LogP contribution in [-0.4, -0.2) is 135 Å². The van der Waals surface area contributed by atoms with Gasteiger partial charge in [0.2, 0.25) is 0 Å². The molecule has 0 heterocycles. The first kappa shape index (κ1) is 31.1. The number of esters is 1. The number of hydrogen-bond donors (Lipinski definition) is 4. The summed E-state index contributed by atoms with van der Waals surface area (Å²) in [7, 11) is 0. The van der Waals surface area contributed by atoms with E-state index in [1.54, 1.807) is 4.90 Å². The van der Waals surface area contributed by atoms with Crippen molar-refractivity contribution in [3.05, 3.63) is 0 Å². The quantitative estimate of drug-likeness (QED) is 0.119. The molecule has 0 fully saturated rings. The molecule has 0 aromatic carbocycles. The summed E-state index contributed by atoms with van der Waals surface area (Å²) in [5.74, 6) is -0.287. The third-order valence-corrected chi connectivity index (χ3v) is 4.26. The minimum absolute atomic E-state index is 0.208. The summed E-state index contributed by atoms with van der Waals surface area (Å²) in [5, 5.41) is 37.3. The number of hydrogen-bond acceptors (Lipinski definition) is 11. The average molecular weight is 470 g/mol. The van der Waals surface area contributed by atoms with E-state index in [9.17, 15) is 25.2 Å². The highest BCUT2D eigenvalue weighted by Crippen LogP contribution is 2.08. The summed E-state index contributed by atoms with van der Waals surface area (Å²) < 4.78 is 26.7. The number of carbonyl (C=O) groups is 1. The Hall–Kier alpha value is -0.890. The number of aliphatic hydroxyl groups is 4. The third kappa shape index (κ3) is 16.7. The maximum absolute atomic E-state index is 11.5. The number of aliphatic hydroxyl groups excluding tert-OH is 4. The Kier molecular flexibility index (Phi) is 19.0. The molecule has 0 radical (unpaired) electrons. The lowest BCUT2D eigenvalue weighted by atomic mass is 10.2. The fourth-order valence-electron chi connectivity index (χ4n) is 2.68. The van der Waals surface area contributed by atoms with Gasteiger partial charge in [0, 0.05) is 6.54 Å². The SMILES string of the molecule is CC(C)(C)OC(=O)CCOCCOCCOCCOCCN(C(CO)CO)C(CO)CO. The van der Waals surface area contributed by atoms with Crippen molar-refractivity contribution in [3.8, 4) is 0 Å². The lowest BCUT2D eigenvalue weighted by Crippen LogP contribution is -2.51. The lowest BCUT2D eigenvalue weighted by Gasteiger charge is -2.34. The zero-order valence-electron chi connectivity index (χ0n) is 19.7. The maximum Gasteiger partial charge on any atom is 0.308 e. The number of ether oxygens (including phenoxy) is 5. The van der Waals surface area contributed by atoms with Crippen LogP contribution in [0.15, 0.2) is 0 Å². The van der Waals surface area contributed by atoms with Crippen molar-refractivity contribution in [3.63, 3.8) is 0 Å². The molecule has 0 atom stereocenters. The molecular formula is C21H43NO10. The van der Waals surface area contributed by atoms with Gasteiger partial charge in [-0.25, -0.2) is 0 Å². The van der Waals surface area contributed by atoms with Gasteiger partial charge >= 0.3 is 5.97 Å². The van der Waals surface area contributed by atoms with Crippen molar-refractivity contribution in [1.29, 1.82) is 0 Å². The van der Waals surface area contributed by atoms with Gasteiger partial charge in [-0.2, -0.15) is 0 Å². The zero-order chi connectivity index (χ0) is 24.2. The van der Waals surface area contributed by atoms with Gasteiger partial charge in [-0.1, -0.05) is 0 Å². The van der Waals surface area contributed by atoms with Crippen LogP contribution in [0.3, 0.4) is 0 Å². The predicted molar refractivity (Wildman–Crippen MR) is 116 cm³/mol. The molecule has 0 aromatic rings. The van der Waals surface area contributed by atoms with E-state index in [2.05, 4.69) is 0 Å². The molecule has 0 bridgehead atoms. The van der Waals surface area contributed by atoms with Crippen molar-refractivity contribution in [2.75, 3.05) is 85.8 Å². The lowest BCUT2D eigenvalue weighted by molar-refractivity contribution is -0.156. The molecule has 4 N–H and O–H groups in total. The average Bonchev–Trinajstić information content (AvgIpc) is 2.73. The monoisotopic (exact) mass is 469 g/mol. The molecule has 0 saturated heterocycles. The second-order valence-corrected chi connectivity index (χ2v) is 8.06. The molecule has 0 aliphatic rings. The Morgan fingerprint density at radius 2 is 1.06 bits per heavy atom. The molecule has 32 heavy (non-hydrogen) atoms.